The van der Waals surface area contributed by atoms with Gasteiger partial charge in [-0.1, -0.05) is 156 Å². The number of hydrogen-bond donors (Lipinski definition) is 0. The van der Waals surface area contributed by atoms with Crippen LogP contribution in [0.4, 0.5) is 34.1 Å². The standard InChI is InChI=1S/C68H68N2/c1-41(2)45-13-23-53(24-14-45)69(54-25-15-46(16-26-54)42(3)4)57-31-21-49-37-60-59-33-34-62-65(66(59)68(11,12)63(60)39-51(49)35-57)61-38-50-22-32-58(36-52(50)40-64(61)67(62,9)10)70(55-27-17-47(18-28-55)43(5)6)56-29-19-48(20-30-56)44(7)8/h13-44H,1-12H3. The minimum absolute atomic E-state index is 0.169. The molecule has 0 radical (unpaired) electrons. The largest absolute Gasteiger partial charge is 0.310 e. The van der Waals surface area contributed by atoms with Crippen molar-refractivity contribution in [3.8, 4) is 22.3 Å². The molecule has 0 fully saturated rings. The molecule has 0 heterocycles. The molecule has 0 aromatic heterocycles. The predicted molar refractivity (Wildman–Crippen MR) is 302 cm³/mol. The van der Waals surface area contributed by atoms with Gasteiger partial charge in [-0.3, -0.25) is 0 Å². The van der Waals surface area contributed by atoms with Crippen molar-refractivity contribution in [2.45, 2.75) is 118 Å². The Morgan fingerprint density at radius 1 is 0.286 bits per heavy atom. The van der Waals surface area contributed by atoms with Crippen molar-refractivity contribution in [1.29, 1.82) is 0 Å². The van der Waals surface area contributed by atoms with E-state index in [0.717, 1.165) is 5.69 Å². The van der Waals surface area contributed by atoms with E-state index in [1.807, 2.05) is 0 Å². The molecule has 70 heavy (non-hydrogen) atoms. The van der Waals surface area contributed by atoms with Crippen LogP contribution < -0.4 is 9.80 Å². The van der Waals surface area contributed by atoms with Gasteiger partial charge in [0.05, 0.1) is 0 Å². The van der Waals surface area contributed by atoms with Gasteiger partial charge in [0.2, 0.25) is 0 Å². The molecule has 0 N–H and O–H groups in total. The zero-order chi connectivity index (χ0) is 49.0. The van der Waals surface area contributed by atoms with Crippen molar-refractivity contribution in [1.82, 2.24) is 0 Å². The molecule has 2 heteroatoms. The molecule has 0 amide bonds. The topological polar surface area (TPSA) is 6.48 Å². The molecule has 9 aromatic rings. The molecular weight excluding hydrogens is 845 g/mol. The maximum absolute atomic E-state index is 2.51. The highest BCUT2D eigenvalue weighted by molar-refractivity contribution is 6.02. The lowest BCUT2D eigenvalue weighted by Gasteiger charge is -2.27. The van der Waals surface area contributed by atoms with Crippen molar-refractivity contribution in [3.05, 3.63) is 214 Å². The summed E-state index contributed by atoms with van der Waals surface area (Å²) in [6.45, 7) is 27.9. The Morgan fingerprint density at radius 2 is 0.629 bits per heavy atom. The summed E-state index contributed by atoms with van der Waals surface area (Å²) in [6, 6.07) is 65.6. The van der Waals surface area contributed by atoms with E-state index in [0.29, 0.717) is 23.7 Å². The van der Waals surface area contributed by atoms with Gasteiger partial charge in [-0.25, -0.2) is 0 Å². The summed E-state index contributed by atoms with van der Waals surface area (Å²) in [5.74, 6) is 1.91. The number of rotatable bonds is 10. The summed E-state index contributed by atoms with van der Waals surface area (Å²) in [5.41, 5.74) is 23.2. The maximum atomic E-state index is 2.51. The van der Waals surface area contributed by atoms with Gasteiger partial charge >= 0.3 is 0 Å². The van der Waals surface area contributed by atoms with Crippen LogP contribution in [0.25, 0.3) is 43.8 Å². The lowest BCUT2D eigenvalue weighted by Crippen LogP contribution is -2.18. The van der Waals surface area contributed by atoms with Crippen molar-refractivity contribution in [2.75, 3.05) is 9.80 Å². The number of nitrogens with zero attached hydrogens (tertiary/aromatic N) is 2. The third kappa shape index (κ3) is 7.45. The van der Waals surface area contributed by atoms with Gasteiger partial charge in [0.25, 0.3) is 0 Å². The SMILES string of the molecule is CC(C)c1ccc(N(c2ccc(C(C)C)cc2)c2ccc3cc4c(cc3c2)C(C)(C)c2ccc3c(c2-4)C(C)(C)c2cc4cc(N(c5ccc(C(C)C)cc5)c5ccc(C(C)C)cc5)ccc4cc2-3)cc1. The second kappa shape index (κ2) is 16.9. The van der Waals surface area contributed by atoms with E-state index in [1.165, 1.54) is 117 Å². The highest BCUT2D eigenvalue weighted by atomic mass is 15.1. The van der Waals surface area contributed by atoms with E-state index < -0.39 is 0 Å². The normalized spacial score (nSPS) is 14.2. The Labute approximate surface area is 417 Å². The van der Waals surface area contributed by atoms with E-state index in [4.69, 9.17) is 0 Å². The Hall–Kier alpha value is -6.90. The molecule has 2 nitrogen and oxygen atoms in total. The quantitative estimate of drug-likeness (QED) is 0.135. The van der Waals surface area contributed by atoms with Gasteiger partial charge in [-0.2, -0.15) is 0 Å². The average molecular weight is 913 g/mol. The first-order chi connectivity index (χ1) is 33.5. The van der Waals surface area contributed by atoms with Crippen molar-refractivity contribution in [2.24, 2.45) is 0 Å². The van der Waals surface area contributed by atoms with Gasteiger partial charge < -0.3 is 9.80 Å². The maximum Gasteiger partial charge on any atom is 0.0468 e. The lowest BCUT2D eigenvalue weighted by atomic mass is 9.77. The number of fused-ring (bicyclic) bond motifs is 9. The Bertz CT molecular complexity index is 3350. The fourth-order valence-electron chi connectivity index (χ4n) is 11.8. The summed E-state index contributed by atoms with van der Waals surface area (Å²) in [5, 5.41) is 5.06. The second-order valence-electron chi connectivity index (χ2n) is 22.7. The molecule has 2 aliphatic rings. The van der Waals surface area contributed by atoms with E-state index in [1.54, 1.807) is 0 Å². The molecule has 0 spiro atoms. The molecule has 9 aromatic carbocycles. The van der Waals surface area contributed by atoms with E-state index in [9.17, 15) is 0 Å². The third-order valence-electron chi connectivity index (χ3n) is 16.1. The molecule has 0 aliphatic heterocycles. The Morgan fingerprint density at radius 3 is 1.00 bits per heavy atom. The predicted octanol–water partition coefficient (Wildman–Crippen LogP) is 20.0. The fourth-order valence-corrected chi connectivity index (χ4v) is 11.8. The molecule has 0 unspecified atom stereocenters. The smallest absolute Gasteiger partial charge is 0.0468 e. The first kappa shape index (κ1) is 45.5. The van der Waals surface area contributed by atoms with Crippen molar-refractivity contribution >= 4 is 55.7 Å². The summed E-state index contributed by atoms with van der Waals surface area (Å²) < 4.78 is 0. The van der Waals surface area contributed by atoms with E-state index in [2.05, 4.69) is 263 Å². The van der Waals surface area contributed by atoms with Crippen molar-refractivity contribution < 1.29 is 0 Å². The summed E-state index contributed by atoms with van der Waals surface area (Å²) in [4.78, 5) is 4.84. The minimum Gasteiger partial charge on any atom is -0.310 e. The molecule has 11 rings (SSSR count). The Kier molecular flexibility index (Phi) is 11.0. The highest BCUT2D eigenvalue weighted by Crippen LogP contribution is 2.60. The van der Waals surface area contributed by atoms with Gasteiger partial charge in [0, 0.05) is 45.0 Å². The second-order valence-corrected chi connectivity index (χ2v) is 22.7. The van der Waals surface area contributed by atoms with Crippen LogP contribution >= 0.6 is 0 Å². The van der Waals surface area contributed by atoms with Crippen LogP contribution in [-0.2, 0) is 10.8 Å². The fraction of sp³-hybridized carbons (Fsp3) is 0.265. The molecule has 0 bridgehead atoms. The molecule has 0 saturated carbocycles. The summed E-state index contributed by atoms with van der Waals surface area (Å²) >= 11 is 0. The first-order valence-electron chi connectivity index (χ1n) is 25.8. The van der Waals surface area contributed by atoms with Crippen LogP contribution in [0.5, 0.6) is 0 Å². The molecule has 2 aliphatic carbocycles. The molecular formula is C68H68N2. The number of benzene rings is 9. The van der Waals surface area contributed by atoms with Gasteiger partial charge in [0.15, 0.2) is 0 Å². The van der Waals surface area contributed by atoms with Gasteiger partial charge in [0.1, 0.15) is 0 Å². The summed E-state index contributed by atoms with van der Waals surface area (Å²) in [6.07, 6.45) is 0. The highest BCUT2D eigenvalue weighted by Gasteiger charge is 2.45. The zero-order valence-corrected chi connectivity index (χ0v) is 43.4. The van der Waals surface area contributed by atoms with Crippen LogP contribution in [0.3, 0.4) is 0 Å². The van der Waals surface area contributed by atoms with E-state index in [-0.39, 0.29) is 10.8 Å². The van der Waals surface area contributed by atoms with Crippen LogP contribution in [0, 0.1) is 0 Å². The van der Waals surface area contributed by atoms with Crippen LogP contribution in [0.1, 0.15) is 151 Å². The van der Waals surface area contributed by atoms with Crippen LogP contribution in [0.15, 0.2) is 170 Å². The van der Waals surface area contributed by atoms with Crippen molar-refractivity contribution in [3.63, 3.8) is 0 Å². The molecule has 0 atom stereocenters. The zero-order valence-electron chi connectivity index (χ0n) is 43.4. The monoisotopic (exact) mass is 913 g/mol. The third-order valence-corrected chi connectivity index (χ3v) is 16.1. The number of hydrogen-bond acceptors (Lipinski definition) is 2. The van der Waals surface area contributed by atoms with Gasteiger partial charge in [-0.15, -0.1) is 0 Å². The lowest BCUT2D eigenvalue weighted by molar-refractivity contribution is 0.648. The molecule has 350 valence electrons. The van der Waals surface area contributed by atoms with Crippen LogP contribution in [-0.4, -0.2) is 0 Å². The summed E-state index contributed by atoms with van der Waals surface area (Å²) in [7, 11) is 0. The first-order valence-corrected chi connectivity index (χ1v) is 25.8. The van der Waals surface area contributed by atoms with E-state index >= 15 is 0 Å². The van der Waals surface area contributed by atoms with Crippen LogP contribution in [0.2, 0.25) is 0 Å². The Balaban J connectivity index is 1.00. The average Bonchev–Trinajstić information content (AvgIpc) is 3.71. The minimum atomic E-state index is -0.216. The van der Waals surface area contributed by atoms with Gasteiger partial charge in [-0.05, 0) is 209 Å². The number of anilines is 6. The molecule has 0 saturated heterocycles.